The van der Waals surface area contributed by atoms with Crippen LogP contribution in [-0.2, 0) is 6.42 Å². The molecule has 1 aliphatic carbocycles. The van der Waals surface area contributed by atoms with Gasteiger partial charge in [-0.1, -0.05) is 17.7 Å². The smallest absolute Gasteiger partial charge is 0.0400 e. The highest BCUT2D eigenvalue weighted by atomic mass is 15.3. The molecule has 0 radical (unpaired) electrons. The fraction of sp³-hybridized carbons (Fsp3) is 0.647. The van der Waals surface area contributed by atoms with Crippen LogP contribution in [0.25, 0.3) is 0 Å². The predicted octanol–water partition coefficient (Wildman–Crippen LogP) is 2.17. The minimum Gasteiger partial charge on any atom is -0.369 e. The highest BCUT2D eigenvalue weighted by molar-refractivity contribution is 5.55. The van der Waals surface area contributed by atoms with Crippen LogP contribution in [0, 0.1) is 6.92 Å². The Morgan fingerprint density at radius 3 is 2.50 bits per heavy atom. The normalized spacial score (nSPS) is 22.1. The average Bonchev–Trinajstić information content (AvgIpc) is 3.23. The summed E-state index contributed by atoms with van der Waals surface area (Å²) in [4.78, 5) is 5.21. The van der Waals surface area contributed by atoms with E-state index in [-0.39, 0.29) is 6.04 Å². The third kappa shape index (κ3) is 3.15. The van der Waals surface area contributed by atoms with Gasteiger partial charge in [-0.25, -0.2) is 0 Å². The second-order valence-electron chi connectivity index (χ2n) is 6.57. The van der Waals surface area contributed by atoms with Gasteiger partial charge in [0.15, 0.2) is 0 Å². The third-order valence-corrected chi connectivity index (χ3v) is 4.50. The van der Waals surface area contributed by atoms with E-state index < -0.39 is 0 Å². The van der Waals surface area contributed by atoms with E-state index in [0.717, 1.165) is 25.6 Å². The highest BCUT2D eigenvalue weighted by Crippen LogP contribution is 2.30. The van der Waals surface area contributed by atoms with Crippen molar-refractivity contribution in [3.05, 3.63) is 29.3 Å². The molecular formula is C17H27N3. The van der Waals surface area contributed by atoms with Crippen LogP contribution in [0.3, 0.4) is 0 Å². The molecule has 1 aromatic carbocycles. The lowest BCUT2D eigenvalue weighted by atomic mass is 10.0. The average molecular weight is 273 g/mol. The van der Waals surface area contributed by atoms with E-state index in [1.165, 1.54) is 42.7 Å². The van der Waals surface area contributed by atoms with Crippen molar-refractivity contribution in [1.82, 2.24) is 4.90 Å². The van der Waals surface area contributed by atoms with E-state index in [9.17, 15) is 0 Å². The van der Waals surface area contributed by atoms with Gasteiger partial charge < -0.3 is 10.6 Å². The number of hydrogen-bond acceptors (Lipinski definition) is 3. The van der Waals surface area contributed by atoms with Gasteiger partial charge in [-0.05, 0) is 44.7 Å². The molecule has 1 heterocycles. The largest absolute Gasteiger partial charge is 0.369 e. The Balaban J connectivity index is 1.72. The van der Waals surface area contributed by atoms with Crippen molar-refractivity contribution in [2.75, 3.05) is 31.1 Å². The van der Waals surface area contributed by atoms with Crippen LogP contribution in [0.5, 0.6) is 0 Å². The Morgan fingerprint density at radius 1 is 1.20 bits per heavy atom. The van der Waals surface area contributed by atoms with Crippen LogP contribution >= 0.6 is 0 Å². The third-order valence-electron chi connectivity index (χ3n) is 4.50. The number of aryl methyl sites for hydroxylation is 1. The first-order chi connectivity index (χ1) is 9.63. The van der Waals surface area contributed by atoms with Gasteiger partial charge in [0.1, 0.15) is 0 Å². The van der Waals surface area contributed by atoms with Crippen molar-refractivity contribution in [2.45, 2.75) is 45.2 Å². The molecule has 110 valence electrons. The van der Waals surface area contributed by atoms with E-state index in [4.69, 9.17) is 5.73 Å². The van der Waals surface area contributed by atoms with Crippen LogP contribution in [0.1, 0.15) is 30.9 Å². The molecule has 3 nitrogen and oxygen atoms in total. The lowest BCUT2D eigenvalue weighted by Crippen LogP contribution is -2.47. The fourth-order valence-corrected chi connectivity index (χ4v) is 3.30. The molecule has 1 aromatic rings. The standard InChI is InChI=1S/C17H27N3/c1-13-3-6-17(15(11-13)12-14(2)18)20-9-7-19(8-10-20)16-4-5-16/h3,6,11,14,16H,4-5,7-10,12,18H2,1-2H3. The number of nitrogens with zero attached hydrogens (tertiary/aromatic N) is 2. The van der Waals surface area contributed by atoms with E-state index in [0.29, 0.717) is 0 Å². The molecule has 0 aromatic heterocycles. The summed E-state index contributed by atoms with van der Waals surface area (Å²) in [5, 5.41) is 0. The van der Waals surface area contributed by atoms with Crippen LogP contribution in [0.2, 0.25) is 0 Å². The number of piperazine rings is 1. The molecule has 20 heavy (non-hydrogen) atoms. The van der Waals surface area contributed by atoms with Crippen molar-refractivity contribution in [3.63, 3.8) is 0 Å². The summed E-state index contributed by atoms with van der Waals surface area (Å²) < 4.78 is 0. The first-order valence-corrected chi connectivity index (χ1v) is 7.97. The lowest BCUT2D eigenvalue weighted by Gasteiger charge is -2.37. The molecule has 1 unspecified atom stereocenters. The fourth-order valence-electron chi connectivity index (χ4n) is 3.30. The van der Waals surface area contributed by atoms with Crippen LogP contribution in [0.15, 0.2) is 18.2 Å². The Bertz CT molecular complexity index is 457. The maximum absolute atomic E-state index is 6.02. The molecule has 0 bridgehead atoms. The molecule has 2 fully saturated rings. The van der Waals surface area contributed by atoms with Gasteiger partial charge in [-0.2, -0.15) is 0 Å². The molecule has 1 saturated heterocycles. The van der Waals surface area contributed by atoms with Crippen molar-refractivity contribution in [1.29, 1.82) is 0 Å². The van der Waals surface area contributed by atoms with E-state index >= 15 is 0 Å². The molecule has 1 aliphatic heterocycles. The Morgan fingerprint density at radius 2 is 1.90 bits per heavy atom. The summed E-state index contributed by atoms with van der Waals surface area (Å²) in [5.74, 6) is 0. The minimum atomic E-state index is 0.225. The van der Waals surface area contributed by atoms with Crippen molar-refractivity contribution < 1.29 is 0 Å². The van der Waals surface area contributed by atoms with Gasteiger partial charge in [0.2, 0.25) is 0 Å². The summed E-state index contributed by atoms with van der Waals surface area (Å²) in [6.07, 6.45) is 3.81. The molecular weight excluding hydrogens is 246 g/mol. The number of nitrogens with two attached hydrogens (primary N) is 1. The molecule has 0 spiro atoms. The summed E-state index contributed by atoms with van der Waals surface area (Å²) in [7, 11) is 0. The summed E-state index contributed by atoms with van der Waals surface area (Å²) in [5.41, 5.74) is 10.2. The van der Waals surface area contributed by atoms with E-state index in [1.54, 1.807) is 0 Å². The summed E-state index contributed by atoms with van der Waals surface area (Å²) in [6.45, 7) is 9.01. The van der Waals surface area contributed by atoms with Gasteiger partial charge in [0.05, 0.1) is 0 Å². The molecule has 0 amide bonds. The van der Waals surface area contributed by atoms with Gasteiger partial charge >= 0.3 is 0 Å². The second kappa shape index (κ2) is 5.74. The van der Waals surface area contributed by atoms with Gasteiger partial charge in [-0.15, -0.1) is 0 Å². The van der Waals surface area contributed by atoms with Crippen LogP contribution in [-0.4, -0.2) is 43.2 Å². The minimum absolute atomic E-state index is 0.225. The maximum Gasteiger partial charge on any atom is 0.0400 e. The first kappa shape index (κ1) is 13.9. The lowest BCUT2D eigenvalue weighted by molar-refractivity contribution is 0.248. The van der Waals surface area contributed by atoms with Gasteiger partial charge in [0.25, 0.3) is 0 Å². The second-order valence-corrected chi connectivity index (χ2v) is 6.57. The van der Waals surface area contributed by atoms with E-state index in [1.807, 2.05) is 0 Å². The van der Waals surface area contributed by atoms with Crippen molar-refractivity contribution in [2.24, 2.45) is 5.73 Å². The number of anilines is 1. The van der Waals surface area contributed by atoms with Crippen LogP contribution < -0.4 is 10.6 Å². The molecule has 2 N–H and O–H groups in total. The molecule has 1 saturated carbocycles. The number of rotatable bonds is 4. The van der Waals surface area contributed by atoms with Crippen molar-refractivity contribution >= 4 is 5.69 Å². The predicted molar refractivity (Wildman–Crippen MR) is 85.3 cm³/mol. The van der Waals surface area contributed by atoms with Gasteiger partial charge in [0, 0.05) is 44.0 Å². The molecule has 2 aliphatic rings. The Hall–Kier alpha value is -1.06. The molecule has 1 atom stereocenters. The highest BCUT2D eigenvalue weighted by Gasteiger charge is 2.31. The first-order valence-electron chi connectivity index (χ1n) is 7.97. The monoisotopic (exact) mass is 273 g/mol. The van der Waals surface area contributed by atoms with Crippen molar-refractivity contribution in [3.8, 4) is 0 Å². The molecule has 3 heteroatoms. The Kier molecular flexibility index (Phi) is 3.99. The summed E-state index contributed by atoms with van der Waals surface area (Å²) >= 11 is 0. The SMILES string of the molecule is Cc1ccc(N2CCN(C3CC3)CC2)c(CC(C)N)c1. The van der Waals surface area contributed by atoms with Crippen LogP contribution in [0.4, 0.5) is 5.69 Å². The maximum atomic E-state index is 6.02. The Labute approximate surface area is 122 Å². The summed E-state index contributed by atoms with van der Waals surface area (Å²) in [6, 6.07) is 7.96. The van der Waals surface area contributed by atoms with Gasteiger partial charge in [-0.3, -0.25) is 4.90 Å². The number of benzene rings is 1. The van der Waals surface area contributed by atoms with E-state index in [2.05, 4.69) is 41.8 Å². The zero-order valence-electron chi connectivity index (χ0n) is 12.8. The number of hydrogen-bond donors (Lipinski definition) is 1. The zero-order chi connectivity index (χ0) is 14.1. The zero-order valence-corrected chi connectivity index (χ0v) is 12.8. The molecule has 3 rings (SSSR count). The topological polar surface area (TPSA) is 32.5 Å². The quantitative estimate of drug-likeness (QED) is 0.912.